The Morgan fingerprint density at radius 3 is 2.17 bits per heavy atom. The van der Waals surface area contributed by atoms with Crippen molar-refractivity contribution in [3.63, 3.8) is 0 Å². The van der Waals surface area contributed by atoms with Crippen LogP contribution < -0.4 is 4.72 Å². The minimum atomic E-state index is -3.83. The van der Waals surface area contributed by atoms with E-state index >= 15 is 0 Å². The summed E-state index contributed by atoms with van der Waals surface area (Å²) in [6, 6.07) is 12.4. The number of hydrogen-bond donors (Lipinski definition) is 2. The first-order chi connectivity index (χ1) is 10.6. The molecular formula is C17H19NO4S. The van der Waals surface area contributed by atoms with E-state index in [4.69, 9.17) is 5.11 Å². The van der Waals surface area contributed by atoms with Crippen LogP contribution in [0.1, 0.15) is 36.7 Å². The molecule has 0 saturated heterocycles. The lowest BCUT2D eigenvalue weighted by molar-refractivity contribution is 0.0696. The number of rotatable bonds is 4. The van der Waals surface area contributed by atoms with Crippen LogP contribution in [-0.2, 0) is 15.4 Å². The SMILES string of the molecule is CC(C)(C)c1ccc(NS(=O)(=O)c2cccc(C(=O)O)c2)cc1. The molecule has 2 N–H and O–H groups in total. The van der Waals surface area contributed by atoms with E-state index in [-0.39, 0.29) is 15.9 Å². The fourth-order valence-corrected chi connectivity index (χ4v) is 3.15. The summed E-state index contributed by atoms with van der Waals surface area (Å²) in [6.07, 6.45) is 0. The number of carbonyl (C=O) groups is 1. The second-order valence-corrected chi connectivity index (χ2v) is 7.95. The predicted molar refractivity (Wildman–Crippen MR) is 89.4 cm³/mol. The highest BCUT2D eigenvalue weighted by molar-refractivity contribution is 7.92. The van der Waals surface area contributed by atoms with E-state index in [2.05, 4.69) is 25.5 Å². The Bertz CT molecular complexity index is 818. The lowest BCUT2D eigenvalue weighted by Gasteiger charge is -2.19. The molecule has 0 aliphatic carbocycles. The zero-order valence-electron chi connectivity index (χ0n) is 13.2. The van der Waals surface area contributed by atoms with Gasteiger partial charge >= 0.3 is 5.97 Å². The Morgan fingerprint density at radius 2 is 1.65 bits per heavy atom. The second kappa shape index (κ2) is 6.04. The van der Waals surface area contributed by atoms with Gasteiger partial charge in [-0.15, -0.1) is 0 Å². The molecule has 0 aliphatic heterocycles. The molecule has 2 aromatic rings. The van der Waals surface area contributed by atoms with Crippen molar-refractivity contribution in [3.05, 3.63) is 59.7 Å². The number of aromatic carboxylic acids is 1. The maximum atomic E-state index is 12.4. The van der Waals surface area contributed by atoms with Crippen LogP contribution in [0.15, 0.2) is 53.4 Å². The molecule has 122 valence electrons. The number of carboxylic acids is 1. The highest BCUT2D eigenvalue weighted by Crippen LogP contribution is 2.24. The van der Waals surface area contributed by atoms with Crippen LogP contribution in [0.25, 0.3) is 0 Å². The van der Waals surface area contributed by atoms with Crippen molar-refractivity contribution >= 4 is 21.7 Å². The van der Waals surface area contributed by atoms with E-state index < -0.39 is 16.0 Å². The van der Waals surface area contributed by atoms with Crippen LogP contribution in [0.5, 0.6) is 0 Å². The highest BCUT2D eigenvalue weighted by atomic mass is 32.2. The van der Waals surface area contributed by atoms with Crippen LogP contribution in [0.2, 0.25) is 0 Å². The van der Waals surface area contributed by atoms with Crippen molar-refractivity contribution < 1.29 is 18.3 Å². The first-order valence-corrected chi connectivity index (χ1v) is 8.55. The minimum absolute atomic E-state index is 0.0206. The van der Waals surface area contributed by atoms with Gasteiger partial charge in [-0.2, -0.15) is 0 Å². The van der Waals surface area contributed by atoms with Crippen LogP contribution >= 0.6 is 0 Å². The molecule has 0 saturated carbocycles. The quantitative estimate of drug-likeness (QED) is 0.897. The molecule has 6 heteroatoms. The van der Waals surface area contributed by atoms with Crippen LogP contribution in [0, 0.1) is 0 Å². The molecule has 0 heterocycles. The average molecular weight is 333 g/mol. The van der Waals surface area contributed by atoms with Crippen molar-refractivity contribution in [2.24, 2.45) is 0 Å². The minimum Gasteiger partial charge on any atom is -0.478 e. The fraction of sp³-hybridized carbons (Fsp3) is 0.235. The van der Waals surface area contributed by atoms with Gasteiger partial charge in [-0.3, -0.25) is 4.72 Å². The lowest BCUT2D eigenvalue weighted by atomic mass is 9.87. The topological polar surface area (TPSA) is 83.5 Å². The molecule has 0 aromatic heterocycles. The van der Waals surface area contributed by atoms with Gasteiger partial charge in [-0.1, -0.05) is 39.0 Å². The molecule has 0 unspecified atom stereocenters. The normalized spacial score (nSPS) is 12.0. The molecule has 5 nitrogen and oxygen atoms in total. The molecule has 0 radical (unpaired) electrons. The fourth-order valence-electron chi connectivity index (χ4n) is 2.05. The summed E-state index contributed by atoms with van der Waals surface area (Å²) >= 11 is 0. The second-order valence-electron chi connectivity index (χ2n) is 6.27. The van der Waals surface area contributed by atoms with Gasteiger partial charge in [0.15, 0.2) is 0 Å². The van der Waals surface area contributed by atoms with E-state index in [0.717, 1.165) is 11.6 Å². The monoisotopic (exact) mass is 333 g/mol. The number of anilines is 1. The lowest BCUT2D eigenvalue weighted by Crippen LogP contribution is -2.14. The molecule has 0 fully saturated rings. The molecule has 0 amide bonds. The van der Waals surface area contributed by atoms with Gasteiger partial charge in [0.05, 0.1) is 10.5 Å². The Morgan fingerprint density at radius 1 is 1.04 bits per heavy atom. The van der Waals surface area contributed by atoms with Crippen molar-refractivity contribution in [3.8, 4) is 0 Å². The summed E-state index contributed by atoms with van der Waals surface area (Å²) in [5.74, 6) is -1.17. The van der Waals surface area contributed by atoms with Gasteiger partial charge < -0.3 is 5.11 Å². The van der Waals surface area contributed by atoms with Crippen LogP contribution in [0.4, 0.5) is 5.69 Å². The molecular weight excluding hydrogens is 314 g/mol. The Hall–Kier alpha value is -2.34. The molecule has 2 aromatic carbocycles. The number of hydrogen-bond acceptors (Lipinski definition) is 3. The molecule has 0 bridgehead atoms. The Kier molecular flexibility index (Phi) is 4.47. The number of carboxylic acid groups (broad SMARTS) is 1. The number of benzene rings is 2. The van der Waals surface area contributed by atoms with E-state index in [1.165, 1.54) is 18.2 Å². The standard InChI is InChI=1S/C17H19NO4S/c1-17(2,3)13-7-9-14(10-8-13)18-23(21,22)15-6-4-5-12(11-15)16(19)20/h4-11,18H,1-3H3,(H,19,20). The Balaban J connectivity index is 2.28. The first kappa shape index (κ1) is 17.0. The maximum absolute atomic E-state index is 12.4. The van der Waals surface area contributed by atoms with Crippen LogP contribution in [0.3, 0.4) is 0 Å². The summed E-state index contributed by atoms with van der Waals surface area (Å²) in [5.41, 5.74) is 1.43. The van der Waals surface area contributed by atoms with Crippen molar-refractivity contribution in [1.29, 1.82) is 0 Å². The maximum Gasteiger partial charge on any atom is 0.335 e. The first-order valence-electron chi connectivity index (χ1n) is 7.06. The molecule has 2 rings (SSSR count). The van der Waals surface area contributed by atoms with Gasteiger partial charge in [0.2, 0.25) is 0 Å². The van der Waals surface area contributed by atoms with E-state index in [9.17, 15) is 13.2 Å². The third kappa shape index (κ3) is 4.10. The molecule has 0 spiro atoms. The third-order valence-electron chi connectivity index (χ3n) is 3.39. The molecule has 0 aliphatic rings. The molecule has 0 atom stereocenters. The van der Waals surface area contributed by atoms with Gasteiger partial charge in [0.1, 0.15) is 0 Å². The van der Waals surface area contributed by atoms with Gasteiger partial charge in [0, 0.05) is 5.69 Å². The number of nitrogens with one attached hydrogen (secondary N) is 1. The smallest absolute Gasteiger partial charge is 0.335 e. The zero-order valence-corrected chi connectivity index (χ0v) is 14.0. The summed E-state index contributed by atoms with van der Waals surface area (Å²) in [4.78, 5) is 10.9. The average Bonchev–Trinajstić information content (AvgIpc) is 2.46. The van der Waals surface area contributed by atoms with E-state index in [1.807, 2.05) is 12.1 Å². The van der Waals surface area contributed by atoms with E-state index in [0.29, 0.717) is 5.69 Å². The van der Waals surface area contributed by atoms with E-state index in [1.54, 1.807) is 12.1 Å². The summed E-state index contributed by atoms with van der Waals surface area (Å²) in [7, 11) is -3.83. The molecule has 23 heavy (non-hydrogen) atoms. The zero-order chi connectivity index (χ0) is 17.3. The van der Waals surface area contributed by atoms with Gasteiger partial charge in [0.25, 0.3) is 10.0 Å². The predicted octanol–water partition coefficient (Wildman–Crippen LogP) is 3.48. The largest absolute Gasteiger partial charge is 0.478 e. The van der Waals surface area contributed by atoms with Crippen LogP contribution in [-0.4, -0.2) is 19.5 Å². The highest BCUT2D eigenvalue weighted by Gasteiger charge is 2.17. The third-order valence-corrected chi connectivity index (χ3v) is 4.77. The Labute approximate surface area is 136 Å². The van der Waals surface area contributed by atoms with Crippen molar-refractivity contribution in [2.75, 3.05) is 4.72 Å². The van der Waals surface area contributed by atoms with Gasteiger partial charge in [-0.25, -0.2) is 13.2 Å². The summed E-state index contributed by atoms with van der Waals surface area (Å²) in [5, 5.41) is 8.96. The van der Waals surface area contributed by atoms with Crippen molar-refractivity contribution in [2.45, 2.75) is 31.1 Å². The summed E-state index contributed by atoms with van der Waals surface area (Å²) < 4.78 is 27.2. The van der Waals surface area contributed by atoms with Gasteiger partial charge in [-0.05, 0) is 41.3 Å². The summed E-state index contributed by atoms with van der Waals surface area (Å²) in [6.45, 7) is 6.22. The van der Waals surface area contributed by atoms with Crippen molar-refractivity contribution in [1.82, 2.24) is 0 Å². The number of sulfonamides is 1.